The van der Waals surface area contributed by atoms with Crippen molar-refractivity contribution in [3.05, 3.63) is 23.9 Å². The first kappa shape index (κ1) is 12.5. The van der Waals surface area contributed by atoms with E-state index in [-0.39, 0.29) is 0 Å². The molecule has 3 heteroatoms. The Morgan fingerprint density at radius 1 is 1.40 bits per heavy atom. The number of hydrogen-bond acceptors (Lipinski definition) is 3. The van der Waals surface area contributed by atoms with E-state index >= 15 is 0 Å². The molecule has 0 fully saturated rings. The van der Waals surface area contributed by atoms with Gasteiger partial charge < -0.3 is 5.11 Å². The van der Waals surface area contributed by atoms with E-state index in [1.807, 2.05) is 12.1 Å². The van der Waals surface area contributed by atoms with Crippen LogP contribution in [0.5, 0.6) is 0 Å². The molecule has 0 saturated carbocycles. The van der Waals surface area contributed by atoms with Gasteiger partial charge in [0.05, 0.1) is 11.1 Å². The lowest BCUT2D eigenvalue weighted by atomic mass is 10.2. The molecule has 1 rings (SSSR count). The van der Waals surface area contributed by atoms with Crippen molar-refractivity contribution in [2.24, 2.45) is 5.92 Å². The maximum atomic E-state index is 9.42. The van der Waals surface area contributed by atoms with E-state index in [1.165, 1.54) is 6.42 Å². The third-order valence-electron chi connectivity index (χ3n) is 2.19. The van der Waals surface area contributed by atoms with Gasteiger partial charge in [0.15, 0.2) is 0 Å². The number of aliphatic hydroxyl groups excluding tert-OH is 1. The SMILES string of the molecule is CC(C)CCSc1cc([C@@H](C)O)ccn1. The van der Waals surface area contributed by atoms with E-state index in [9.17, 15) is 5.11 Å². The van der Waals surface area contributed by atoms with Crippen LogP contribution in [0, 0.1) is 5.92 Å². The average Bonchev–Trinajstić information content (AvgIpc) is 2.17. The van der Waals surface area contributed by atoms with E-state index in [4.69, 9.17) is 0 Å². The third-order valence-corrected chi connectivity index (χ3v) is 3.15. The van der Waals surface area contributed by atoms with Crippen molar-refractivity contribution in [1.82, 2.24) is 4.98 Å². The summed E-state index contributed by atoms with van der Waals surface area (Å²) in [5.74, 6) is 1.82. The largest absolute Gasteiger partial charge is 0.389 e. The Kier molecular flexibility index (Phi) is 5.12. The molecular weight excluding hydrogens is 206 g/mol. The molecule has 84 valence electrons. The highest BCUT2D eigenvalue weighted by Gasteiger charge is 2.03. The summed E-state index contributed by atoms with van der Waals surface area (Å²) in [6, 6.07) is 3.83. The van der Waals surface area contributed by atoms with Crippen LogP contribution in [0.3, 0.4) is 0 Å². The van der Waals surface area contributed by atoms with Crippen LogP contribution >= 0.6 is 11.8 Å². The molecule has 0 radical (unpaired) electrons. The predicted molar refractivity (Wildman–Crippen MR) is 65.0 cm³/mol. The molecule has 0 aliphatic heterocycles. The minimum absolute atomic E-state index is 0.405. The van der Waals surface area contributed by atoms with Crippen molar-refractivity contribution in [3.63, 3.8) is 0 Å². The van der Waals surface area contributed by atoms with E-state index in [0.29, 0.717) is 0 Å². The van der Waals surface area contributed by atoms with E-state index in [1.54, 1.807) is 24.9 Å². The number of thioether (sulfide) groups is 1. The second-order valence-electron chi connectivity index (χ2n) is 4.13. The maximum Gasteiger partial charge on any atom is 0.0963 e. The highest BCUT2D eigenvalue weighted by molar-refractivity contribution is 7.99. The topological polar surface area (TPSA) is 33.1 Å². The predicted octanol–water partition coefficient (Wildman–Crippen LogP) is 3.27. The first-order chi connectivity index (χ1) is 7.09. The Bertz CT molecular complexity index is 299. The standard InChI is InChI=1S/C12H19NOS/c1-9(2)5-7-15-12-8-11(10(3)14)4-6-13-12/h4,6,8-10,14H,5,7H2,1-3H3/t10-/m1/s1. The smallest absolute Gasteiger partial charge is 0.0963 e. The number of hydrogen-bond donors (Lipinski definition) is 1. The molecule has 2 nitrogen and oxygen atoms in total. The fraction of sp³-hybridized carbons (Fsp3) is 0.583. The Morgan fingerprint density at radius 2 is 2.13 bits per heavy atom. The number of aliphatic hydroxyl groups is 1. The Balaban J connectivity index is 2.50. The Labute approximate surface area is 96.1 Å². The third kappa shape index (κ3) is 4.67. The number of rotatable bonds is 5. The van der Waals surface area contributed by atoms with Gasteiger partial charge in [-0.25, -0.2) is 4.98 Å². The fourth-order valence-corrected chi connectivity index (χ4v) is 2.32. The molecule has 0 aromatic carbocycles. The average molecular weight is 225 g/mol. The molecule has 1 aromatic heterocycles. The summed E-state index contributed by atoms with van der Waals surface area (Å²) in [6.07, 6.45) is 2.56. The van der Waals surface area contributed by atoms with E-state index in [0.717, 1.165) is 22.3 Å². The van der Waals surface area contributed by atoms with Gasteiger partial charge in [-0.05, 0) is 42.7 Å². The zero-order chi connectivity index (χ0) is 11.3. The van der Waals surface area contributed by atoms with Gasteiger partial charge in [-0.1, -0.05) is 13.8 Å². The summed E-state index contributed by atoms with van der Waals surface area (Å²) in [5.41, 5.74) is 0.942. The van der Waals surface area contributed by atoms with E-state index < -0.39 is 6.10 Å². The maximum absolute atomic E-state index is 9.42. The molecule has 0 saturated heterocycles. The lowest BCUT2D eigenvalue weighted by Gasteiger charge is -2.07. The number of aromatic nitrogens is 1. The minimum atomic E-state index is -0.405. The lowest BCUT2D eigenvalue weighted by molar-refractivity contribution is 0.199. The Morgan fingerprint density at radius 3 is 2.73 bits per heavy atom. The van der Waals surface area contributed by atoms with Crippen LogP contribution in [0.4, 0.5) is 0 Å². The van der Waals surface area contributed by atoms with Crippen LogP contribution in [0.15, 0.2) is 23.4 Å². The second kappa shape index (κ2) is 6.13. The summed E-state index contributed by atoms with van der Waals surface area (Å²) >= 11 is 1.76. The van der Waals surface area contributed by atoms with Crippen LogP contribution in [0.1, 0.15) is 38.9 Å². The van der Waals surface area contributed by atoms with Crippen molar-refractivity contribution >= 4 is 11.8 Å². The zero-order valence-electron chi connectivity index (χ0n) is 9.60. The van der Waals surface area contributed by atoms with Crippen LogP contribution < -0.4 is 0 Å². The first-order valence-corrected chi connectivity index (χ1v) is 6.35. The normalized spacial score (nSPS) is 13.1. The molecular formula is C12H19NOS. The summed E-state index contributed by atoms with van der Waals surface area (Å²) in [6.45, 7) is 6.22. The molecule has 0 aliphatic carbocycles. The van der Waals surface area contributed by atoms with Gasteiger partial charge in [0.2, 0.25) is 0 Å². The Hall–Kier alpha value is -0.540. The molecule has 0 spiro atoms. The van der Waals surface area contributed by atoms with Gasteiger partial charge >= 0.3 is 0 Å². The highest BCUT2D eigenvalue weighted by Crippen LogP contribution is 2.21. The molecule has 0 unspecified atom stereocenters. The van der Waals surface area contributed by atoms with Crippen LogP contribution in [0.2, 0.25) is 0 Å². The molecule has 1 heterocycles. The van der Waals surface area contributed by atoms with Gasteiger partial charge in [-0.3, -0.25) is 0 Å². The summed E-state index contributed by atoms with van der Waals surface area (Å²) in [5, 5.41) is 10.4. The summed E-state index contributed by atoms with van der Waals surface area (Å²) in [4.78, 5) is 4.27. The molecule has 0 amide bonds. The second-order valence-corrected chi connectivity index (χ2v) is 5.25. The van der Waals surface area contributed by atoms with Crippen molar-refractivity contribution < 1.29 is 5.11 Å². The van der Waals surface area contributed by atoms with Crippen LogP contribution in [-0.4, -0.2) is 15.8 Å². The van der Waals surface area contributed by atoms with Gasteiger partial charge in [0, 0.05) is 6.20 Å². The fourth-order valence-electron chi connectivity index (χ4n) is 1.16. The van der Waals surface area contributed by atoms with Gasteiger partial charge in [-0.15, -0.1) is 11.8 Å². The van der Waals surface area contributed by atoms with Crippen LogP contribution in [0.25, 0.3) is 0 Å². The molecule has 0 aliphatic rings. The van der Waals surface area contributed by atoms with Crippen LogP contribution in [-0.2, 0) is 0 Å². The van der Waals surface area contributed by atoms with Crippen molar-refractivity contribution in [3.8, 4) is 0 Å². The summed E-state index contributed by atoms with van der Waals surface area (Å²) < 4.78 is 0. The van der Waals surface area contributed by atoms with Gasteiger partial charge in [-0.2, -0.15) is 0 Å². The molecule has 15 heavy (non-hydrogen) atoms. The quantitative estimate of drug-likeness (QED) is 0.781. The number of pyridine rings is 1. The number of nitrogens with zero attached hydrogens (tertiary/aromatic N) is 1. The highest BCUT2D eigenvalue weighted by atomic mass is 32.2. The van der Waals surface area contributed by atoms with Crippen molar-refractivity contribution in [2.75, 3.05) is 5.75 Å². The molecule has 1 N–H and O–H groups in total. The minimum Gasteiger partial charge on any atom is -0.389 e. The molecule has 1 aromatic rings. The first-order valence-electron chi connectivity index (χ1n) is 5.36. The lowest BCUT2D eigenvalue weighted by Crippen LogP contribution is -1.94. The molecule has 1 atom stereocenters. The van der Waals surface area contributed by atoms with Gasteiger partial charge in [0.1, 0.15) is 0 Å². The monoisotopic (exact) mass is 225 g/mol. The zero-order valence-corrected chi connectivity index (χ0v) is 10.4. The van der Waals surface area contributed by atoms with Crippen molar-refractivity contribution in [1.29, 1.82) is 0 Å². The van der Waals surface area contributed by atoms with Gasteiger partial charge in [0.25, 0.3) is 0 Å². The molecule has 0 bridgehead atoms. The van der Waals surface area contributed by atoms with Crippen molar-refractivity contribution in [2.45, 2.75) is 38.3 Å². The summed E-state index contributed by atoms with van der Waals surface area (Å²) in [7, 11) is 0. The van der Waals surface area contributed by atoms with E-state index in [2.05, 4.69) is 18.8 Å².